The van der Waals surface area contributed by atoms with Gasteiger partial charge in [-0.25, -0.2) is 10.0 Å². The third-order valence-electron chi connectivity index (χ3n) is 5.54. The first-order valence-electron chi connectivity index (χ1n) is 9.86. The SMILES string of the molecule is CON(C)C(=O)c1cccc(-c2cnc(C(C3CCOCC3)C(C)(C)C)[nH]2)c1. The van der Waals surface area contributed by atoms with E-state index in [9.17, 15) is 4.79 Å². The fourth-order valence-corrected chi connectivity index (χ4v) is 4.12. The lowest BCUT2D eigenvalue weighted by Gasteiger charge is -2.37. The van der Waals surface area contributed by atoms with Gasteiger partial charge in [-0.1, -0.05) is 32.9 Å². The molecule has 1 unspecified atom stereocenters. The first-order valence-corrected chi connectivity index (χ1v) is 9.86. The van der Waals surface area contributed by atoms with Crippen molar-refractivity contribution in [3.8, 4) is 11.3 Å². The van der Waals surface area contributed by atoms with Crippen LogP contribution in [0.3, 0.4) is 0 Å². The number of amides is 1. The highest BCUT2D eigenvalue weighted by Gasteiger charge is 2.36. The second-order valence-electron chi connectivity index (χ2n) is 8.54. The number of nitrogens with one attached hydrogen (secondary N) is 1. The van der Waals surface area contributed by atoms with E-state index in [1.54, 1.807) is 13.1 Å². The summed E-state index contributed by atoms with van der Waals surface area (Å²) < 4.78 is 5.56. The van der Waals surface area contributed by atoms with Gasteiger partial charge in [-0.15, -0.1) is 0 Å². The number of H-pyrrole nitrogens is 1. The van der Waals surface area contributed by atoms with E-state index >= 15 is 0 Å². The van der Waals surface area contributed by atoms with Crippen LogP contribution in [-0.4, -0.2) is 48.3 Å². The largest absolute Gasteiger partial charge is 0.381 e. The molecule has 0 aliphatic carbocycles. The van der Waals surface area contributed by atoms with Gasteiger partial charge in [0.15, 0.2) is 0 Å². The molecule has 28 heavy (non-hydrogen) atoms. The molecule has 1 N–H and O–H groups in total. The zero-order chi connectivity index (χ0) is 20.3. The molecule has 0 radical (unpaired) electrons. The van der Waals surface area contributed by atoms with E-state index in [-0.39, 0.29) is 11.3 Å². The number of carbonyl (C=O) groups is 1. The minimum atomic E-state index is -0.182. The molecule has 1 aliphatic heterocycles. The molecule has 1 saturated heterocycles. The molecule has 1 fully saturated rings. The second-order valence-corrected chi connectivity index (χ2v) is 8.54. The summed E-state index contributed by atoms with van der Waals surface area (Å²) in [6.45, 7) is 8.46. The van der Waals surface area contributed by atoms with Crippen LogP contribution in [0.4, 0.5) is 0 Å². The average Bonchev–Trinajstić information content (AvgIpc) is 3.16. The monoisotopic (exact) mass is 385 g/mol. The molecule has 6 heteroatoms. The maximum atomic E-state index is 12.4. The number of hydrogen-bond acceptors (Lipinski definition) is 4. The van der Waals surface area contributed by atoms with Crippen LogP contribution in [0.25, 0.3) is 11.3 Å². The first-order chi connectivity index (χ1) is 13.3. The Balaban J connectivity index is 1.89. The summed E-state index contributed by atoms with van der Waals surface area (Å²) in [6.07, 6.45) is 3.99. The van der Waals surface area contributed by atoms with Gasteiger partial charge in [-0.3, -0.25) is 9.63 Å². The van der Waals surface area contributed by atoms with Crippen LogP contribution in [0.5, 0.6) is 0 Å². The molecular formula is C22H31N3O3. The summed E-state index contributed by atoms with van der Waals surface area (Å²) in [4.78, 5) is 25.7. The van der Waals surface area contributed by atoms with Crippen LogP contribution < -0.4 is 0 Å². The molecule has 1 aromatic carbocycles. The highest BCUT2D eigenvalue weighted by molar-refractivity contribution is 5.94. The van der Waals surface area contributed by atoms with E-state index in [1.165, 1.54) is 12.2 Å². The highest BCUT2D eigenvalue weighted by atomic mass is 16.7. The fraction of sp³-hybridized carbons (Fsp3) is 0.545. The second kappa shape index (κ2) is 8.45. The van der Waals surface area contributed by atoms with E-state index in [4.69, 9.17) is 14.6 Å². The number of rotatable bonds is 5. The smallest absolute Gasteiger partial charge is 0.277 e. The molecule has 1 aromatic heterocycles. The summed E-state index contributed by atoms with van der Waals surface area (Å²) in [6, 6.07) is 7.53. The zero-order valence-corrected chi connectivity index (χ0v) is 17.5. The average molecular weight is 386 g/mol. The number of ether oxygens (including phenoxy) is 1. The Labute approximate surface area is 167 Å². The summed E-state index contributed by atoms with van der Waals surface area (Å²) in [7, 11) is 3.08. The van der Waals surface area contributed by atoms with Crippen LogP contribution in [0, 0.1) is 11.3 Å². The number of aromatic amines is 1. The van der Waals surface area contributed by atoms with Gasteiger partial charge in [0, 0.05) is 37.3 Å². The summed E-state index contributed by atoms with van der Waals surface area (Å²) in [5.41, 5.74) is 2.53. The predicted octanol–water partition coefficient (Wildman–Crippen LogP) is 4.27. The van der Waals surface area contributed by atoms with E-state index in [0.717, 1.165) is 43.1 Å². The Bertz CT molecular complexity index is 803. The van der Waals surface area contributed by atoms with Crippen molar-refractivity contribution in [2.24, 2.45) is 11.3 Å². The van der Waals surface area contributed by atoms with Gasteiger partial charge in [0.2, 0.25) is 0 Å². The van der Waals surface area contributed by atoms with Crippen molar-refractivity contribution >= 4 is 5.91 Å². The maximum absolute atomic E-state index is 12.4. The fourth-order valence-electron chi connectivity index (χ4n) is 4.12. The highest BCUT2D eigenvalue weighted by Crippen LogP contribution is 2.43. The number of carbonyl (C=O) groups excluding carboxylic acids is 1. The lowest BCUT2D eigenvalue weighted by Crippen LogP contribution is -2.31. The van der Waals surface area contributed by atoms with E-state index in [2.05, 4.69) is 25.8 Å². The van der Waals surface area contributed by atoms with Gasteiger partial charge in [0.25, 0.3) is 5.91 Å². The molecule has 0 spiro atoms. The molecule has 0 bridgehead atoms. The third-order valence-corrected chi connectivity index (χ3v) is 5.54. The molecule has 3 rings (SSSR count). The molecule has 1 aliphatic rings. The number of nitrogens with zero attached hydrogens (tertiary/aromatic N) is 2. The van der Waals surface area contributed by atoms with Crippen LogP contribution in [-0.2, 0) is 9.57 Å². The predicted molar refractivity (Wildman–Crippen MR) is 109 cm³/mol. The van der Waals surface area contributed by atoms with Gasteiger partial charge in [0.1, 0.15) is 5.82 Å². The van der Waals surface area contributed by atoms with Gasteiger partial charge in [-0.2, -0.15) is 0 Å². The Morgan fingerprint density at radius 3 is 2.68 bits per heavy atom. The number of imidazole rings is 1. The van der Waals surface area contributed by atoms with Crippen molar-refractivity contribution in [1.29, 1.82) is 0 Å². The molecule has 0 saturated carbocycles. The lowest BCUT2D eigenvalue weighted by molar-refractivity contribution is -0.0756. The minimum Gasteiger partial charge on any atom is -0.381 e. The zero-order valence-electron chi connectivity index (χ0n) is 17.5. The van der Waals surface area contributed by atoms with Crippen molar-refractivity contribution in [3.05, 3.63) is 41.9 Å². The van der Waals surface area contributed by atoms with Crippen molar-refractivity contribution in [1.82, 2.24) is 15.0 Å². The van der Waals surface area contributed by atoms with Crippen LogP contribution >= 0.6 is 0 Å². The summed E-state index contributed by atoms with van der Waals surface area (Å²) in [5.74, 6) is 1.71. The van der Waals surface area contributed by atoms with Crippen molar-refractivity contribution < 1.29 is 14.4 Å². The molecule has 1 atom stereocenters. The Morgan fingerprint density at radius 2 is 2.04 bits per heavy atom. The number of hydroxylamine groups is 2. The molecule has 2 aromatic rings. The quantitative estimate of drug-likeness (QED) is 0.781. The van der Waals surface area contributed by atoms with Crippen molar-refractivity contribution in [2.45, 2.75) is 39.5 Å². The van der Waals surface area contributed by atoms with E-state index in [1.807, 2.05) is 24.4 Å². The third kappa shape index (κ3) is 4.45. The van der Waals surface area contributed by atoms with Crippen molar-refractivity contribution in [3.63, 3.8) is 0 Å². The minimum absolute atomic E-state index is 0.0934. The van der Waals surface area contributed by atoms with Crippen LogP contribution in [0.15, 0.2) is 30.5 Å². The summed E-state index contributed by atoms with van der Waals surface area (Å²) in [5, 5.41) is 1.22. The van der Waals surface area contributed by atoms with Gasteiger partial charge >= 0.3 is 0 Å². The van der Waals surface area contributed by atoms with Crippen molar-refractivity contribution in [2.75, 3.05) is 27.4 Å². The maximum Gasteiger partial charge on any atom is 0.277 e. The standard InChI is InChI=1S/C22H31N3O3/c1-22(2,3)19(15-9-11-28-12-10-15)20-23-14-18(24-20)16-7-6-8-17(13-16)21(26)25(4)27-5/h6-8,13-15,19H,9-12H2,1-5H3,(H,23,24). The Hall–Kier alpha value is -2.18. The molecule has 1 amide bonds. The normalized spacial score (nSPS) is 16.8. The van der Waals surface area contributed by atoms with Gasteiger partial charge < -0.3 is 9.72 Å². The number of aromatic nitrogens is 2. The number of benzene rings is 1. The van der Waals surface area contributed by atoms with Crippen LogP contribution in [0.2, 0.25) is 0 Å². The lowest BCUT2D eigenvalue weighted by atomic mass is 9.70. The molecular weight excluding hydrogens is 354 g/mol. The Morgan fingerprint density at radius 1 is 1.32 bits per heavy atom. The molecule has 6 nitrogen and oxygen atoms in total. The molecule has 2 heterocycles. The van der Waals surface area contributed by atoms with Gasteiger partial charge in [-0.05, 0) is 36.3 Å². The topological polar surface area (TPSA) is 67.4 Å². The van der Waals surface area contributed by atoms with E-state index in [0.29, 0.717) is 17.4 Å². The van der Waals surface area contributed by atoms with E-state index < -0.39 is 0 Å². The van der Waals surface area contributed by atoms with Gasteiger partial charge in [0.05, 0.1) is 19.0 Å². The van der Waals surface area contributed by atoms with Crippen LogP contribution in [0.1, 0.15) is 55.7 Å². The first kappa shape index (κ1) is 20.6. The molecule has 152 valence electrons. The number of hydrogen-bond donors (Lipinski definition) is 1. The summed E-state index contributed by atoms with van der Waals surface area (Å²) >= 11 is 0. The Kier molecular flexibility index (Phi) is 6.20.